The summed E-state index contributed by atoms with van der Waals surface area (Å²) in [5, 5.41) is 0.929. The first-order chi connectivity index (χ1) is 9.02. The quantitative estimate of drug-likeness (QED) is 0.746. The van der Waals surface area contributed by atoms with E-state index in [9.17, 15) is 4.79 Å². The topological polar surface area (TPSA) is 30.0 Å². The molecule has 0 aliphatic rings. The molecule has 3 heteroatoms. The van der Waals surface area contributed by atoms with Gasteiger partial charge in [-0.15, -0.1) is 11.3 Å². The van der Waals surface area contributed by atoms with E-state index in [0.717, 1.165) is 27.6 Å². The monoisotopic (exact) mass is 273 g/mol. The minimum atomic E-state index is 0.0949. The van der Waals surface area contributed by atoms with Crippen molar-refractivity contribution >= 4 is 17.1 Å². The summed E-state index contributed by atoms with van der Waals surface area (Å²) in [6.45, 7) is 7.92. The van der Waals surface area contributed by atoms with E-state index in [1.54, 1.807) is 6.92 Å². The molecule has 0 saturated carbocycles. The maximum atomic E-state index is 11.5. The van der Waals surface area contributed by atoms with Gasteiger partial charge in [-0.05, 0) is 24.8 Å². The Kier molecular flexibility index (Phi) is 4.15. The van der Waals surface area contributed by atoms with Gasteiger partial charge in [-0.25, -0.2) is 4.98 Å². The fourth-order valence-electron chi connectivity index (χ4n) is 2.04. The zero-order chi connectivity index (χ0) is 14.0. The first kappa shape index (κ1) is 13.9. The summed E-state index contributed by atoms with van der Waals surface area (Å²) in [6.07, 6.45) is 1.14. The number of aromatic nitrogens is 1. The summed E-state index contributed by atoms with van der Waals surface area (Å²) in [5.74, 6) is 0.678. The van der Waals surface area contributed by atoms with Crippen LogP contribution in [-0.4, -0.2) is 10.8 Å². The van der Waals surface area contributed by atoms with Crippen LogP contribution in [0.4, 0.5) is 0 Å². The number of benzene rings is 1. The molecular weight excluding hydrogens is 254 g/mol. The molecule has 0 N–H and O–H groups in total. The highest BCUT2D eigenvalue weighted by atomic mass is 32.1. The molecular formula is C16H19NOS. The number of hydrogen-bond donors (Lipinski definition) is 0. The molecule has 0 radical (unpaired) electrons. The third-order valence-electron chi connectivity index (χ3n) is 3.46. The Morgan fingerprint density at radius 2 is 1.95 bits per heavy atom. The van der Waals surface area contributed by atoms with Crippen LogP contribution in [0.25, 0.3) is 10.6 Å². The Morgan fingerprint density at radius 1 is 1.32 bits per heavy atom. The van der Waals surface area contributed by atoms with Crippen molar-refractivity contribution in [2.75, 3.05) is 0 Å². The maximum absolute atomic E-state index is 11.5. The first-order valence-corrected chi connectivity index (χ1v) is 7.43. The van der Waals surface area contributed by atoms with E-state index in [2.05, 4.69) is 43.1 Å². The summed E-state index contributed by atoms with van der Waals surface area (Å²) in [5.41, 5.74) is 3.28. The van der Waals surface area contributed by atoms with Gasteiger partial charge in [-0.1, -0.05) is 38.1 Å². The van der Waals surface area contributed by atoms with Gasteiger partial charge in [-0.2, -0.15) is 0 Å². The van der Waals surface area contributed by atoms with Gasteiger partial charge in [0.25, 0.3) is 0 Å². The van der Waals surface area contributed by atoms with Crippen LogP contribution in [0.15, 0.2) is 24.3 Å². The van der Waals surface area contributed by atoms with Crippen molar-refractivity contribution in [3.8, 4) is 10.6 Å². The average molecular weight is 273 g/mol. The number of carbonyl (C=O) groups excluding carboxylic acids is 1. The molecule has 0 aliphatic carbocycles. The van der Waals surface area contributed by atoms with Crippen molar-refractivity contribution in [2.24, 2.45) is 0 Å². The largest absolute Gasteiger partial charge is 0.294 e. The molecule has 0 bridgehead atoms. The molecule has 1 heterocycles. The standard InChI is InChI=1S/C16H19NOS/c1-5-10(2)13-6-8-14(9-7-13)16-17-11(3)15(19-16)12(4)18/h6-10H,5H2,1-4H3. The predicted octanol–water partition coefficient (Wildman–Crippen LogP) is 4.83. The zero-order valence-corrected chi connectivity index (χ0v) is 12.7. The molecule has 0 fully saturated rings. The fourth-order valence-corrected chi connectivity index (χ4v) is 3.00. The van der Waals surface area contributed by atoms with E-state index in [1.165, 1.54) is 16.9 Å². The lowest BCUT2D eigenvalue weighted by Gasteiger charge is -2.08. The van der Waals surface area contributed by atoms with Crippen LogP contribution in [-0.2, 0) is 0 Å². The average Bonchev–Trinajstić information content (AvgIpc) is 2.80. The van der Waals surface area contributed by atoms with Crippen molar-refractivity contribution in [2.45, 2.75) is 40.0 Å². The summed E-state index contributed by atoms with van der Waals surface area (Å²) >= 11 is 1.48. The molecule has 0 aliphatic heterocycles. The molecule has 1 aromatic heterocycles. The summed E-state index contributed by atoms with van der Waals surface area (Å²) < 4.78 is 0. The Hall–Kier alpha value is -1.48. The number of carbonyl (C=O) groups is 1. The molecule has 2 rings (SSSR count). The molecule has 1 unspecified atom stereocenters. The Morgan fingerprint density at radius 3 is 2.42 bits per heavy atom. The van der Waals surface area contributed by atoms with E-state index < -0.39 is 0 Å². The lowest BCUT2D eigenvalue weighted by molar-refractivity contribution is 0.102. The van der Waals surface area contributed by atoms with Crippen molar-refractivity contribution in [3.63, 3.8) is 0 Å². The van der Waals surface area contributed by atoms with Crippen molar-refractivity contribution < 1.29 is 4.79 Å². The second-order valence-electron chi connectivity index (χ2n) is 4.92. The van der Waals surface area contributed by atoms with E-state index in [4.69, 9.17) is 0 Å². The van der Waals surface area contributed by atoms with Gasteiger partial charge in [0.2, 0.25) is 0 Å². The number of Topliss-reactive ketones (excluding diaryl/α,β-unsaturated/α-hetero) is 1. The van der Waals surface area contributed by atoms with Crippen molar-refractivity contribution in [1.29, 1.82) is 0 Å². The van der Waals surface area contributed by atoms with Gasteiger partial charge in [0.15, 0.2) is 5.78 Å². The molecule has 1 atom stereocenters. The second kappa shape index (κ2) is 5.66. The van der Waals surface area contributed by atoms with Gasteiger partial charge < -0.3 is 0 Å². The second-order valence-corrected chi connectivity index (χ2v) is 5.92. The lowest BCUT2D eigenvalue weighted by Crippen LogP contribution is -1.90. The number of nitrogens with zero attached hydrogens (tertiary/aromatic N) is 1. The Bertz CT molecular complexity index is 583. The number of aryl methyl sites for hydroxylation is 1. The molecule has 19 heavy (non-hydrogen) atoms. The summed E-state index contributed by atoms with van der Waals surface area (Å²) in [4.78, 5) is 16.7. The van der Waals surface area contributed by atoms with Crippen LogP contribution in [0.1, 0.15) is 54.0 Å². The highest BCUT2D eigenvalue weighted by molar-refractivity contribution is 7.17. The van der Waals surface area contributed by atoms with Gasteiger partial charge >= 0.3 is 0 Å². The third kappa shape index (κ3) is 2.92. The van der Waals surface area contributed by atoms with E-state index in [0.29, 0.717) is 5.92 Å². The van der Waals surface area contributed by atoms with E-state index >= 15 is 0 Å². The SMILES string of the molecule is CCC(C)c1ccc(-c2nc(C)c(C(C)=O)s2)cc1. The normalized spacial score (nSPS) is 12.4. The maximum Gasteiger partial charge on any atom is 0.171 e. The molecule has 0 spiro atoms. The van der Waals surface area contributed by atoms with Gasteiger partial charge in [0.05, 0.1) is 10.6 Å². The van der Waals surface area contributed by atoms with Crippen LogP contribution in [0.5, 0.6) is 0 Å². The minimum Gasteiger partial charge on any atom is -0.294 e. The van der Waals surface area contributed by atoms with Gasteiger partial charge in [0.1, 0.15) is 5.01 Å². The smallest absolute Gasteiger partial charge is 0.171 e. The Labute approximate surface area is 118 Å². The number of ketones is 1. The molecule has 0 saturated heterocycles. The van der Waals surface area contributed by atoms with Crippen LogP contribution >= 0.6 is 11.3 Å². The van der Waals surface area contributed by atoms with Crippen LogP contribution in [0.2, 0.25) is 0 Å². The molecule has 2 nitrogen and oxygen atoms in total. The molecule has 100 valence electrons. The van der Waals surface area contributed by atoms with Gasteiger partial charge in [-0.3, -0.25) is 4.79 Å². The molecule has 0 amide bonds. The van der Waals surface area contributed by atoms with Crippen molar-refractivity contribution in [1.82, 2.24) is 4.98 Å². The van der Waals surface area contributed by atoms with Crippen LogP contribution in [0, 0.1) is 6.92 Å². The number of hydrogen-bond acceptors (Lipinski definition) is 3. The lowest BCUT2D eigenvalue weighted by atomic mass is 9.98. The fraction of sp³-hybridized carbons (Fsp3) is 0.375. The molecule has 2 aromatic rings. The third-order valence-corrected chi connectivity index (χ3v) is 4.76. The van der Waals surface area contributed by atoms with E-state index in [-0.39, 0.29) is 5.78 Å². The van der Waals surface area contributed by atoms with E-state index in [1.807, 2.05) is 6.92 Å². The number of thiazole rings is 1. The van der Waals surface area contributed by atoms with Crippen LogP contribution < -0.4 is 0 Å². The van der Waals surface area contributed by atoms with Crippen molar-refractivity contribution in [3.05, 3.63) is 40.4 Å². The summed E-state index contributed by atoms with van der Waals surface area (Å²) in [7, 11) is 0. The van der Waals surface area contributed by atoms with Crippen LogP contribution in [0.3, 0.4) is 0 Å². The highest BCUT2D eigenvalue weighted by Gasteiger charge is 2.13. The van der Waals surface area contributed by atoms with Gasteiger partial charge in [0, 0.05) is 12.5 Å². The molecule has 1 aromatic carbocycles. The number of rotatable bonds is 4. The predicted molar refractivity (Wildman–Crippen MR) is 81.0 cm³/mol. The minimum absolute atomic E-state index is 0.0949. The zero-order valence-electron chi connectivity index (χ0n) is 11.9. The highest BCUT2D eigenvalue weighted by Crippen LogP contribution is 2.29. The summed E-state index contributed by atoms with van der Waals surface area (Å²) in [6, 6.07) is 8.52. The first-order valence-electron chi connectivity index (χ1n) is 6.61. The Balaban J connectivity index is 2.32.